The second kappa shape index (κ2) is 18.0. The lowest BCUT2D eigenvalue weighted by Gasteiger charge is -2.15. The van der Waals surface area contributed by atoms with Crippen molar-refractivity contribution in [2.24, 2.45) is 0 Å². The molecule has 1 aromatic rings. The Bertz CT molecular complexity index is 465. The molecule has 1 heterocycles. The SMILES string of the molecule is CCCCCCCCCCCCCC(C)[n+]1cc[nH]c1C(CC)CCCCCC. The number of nitrogens with one attached hydrogen (secondary N) is 1. The van der Waals surface area contributed by atoms with Gasteiger partial charge in [0.2, 0.25) is 0 Å². The average molecular weight is 406 g/mol. The molecule has 0 spiro atoms. The van der Waals surface area contributed by atoms with Crippen molar-refractivity contribution in [3.8, 4) is 0 Å². The van der Waals surface area contributed by atoms with Gasteiger partial charge in [-0.15, -0.1) is 0 Å². The number of H-pyrrole nitrogens is 1. The zero-order chi connectivity index (χ0) is 21.2. The van der Waals surface area contributed by atoms with Gasteiger partial charge in [-0.25, -0.2) is 9.55 Å². The zero-order valence-corrected chi connectivity index (χ0v) is 20.5. The van der Waals surface area contributed by atoms with Crippen molar-refractivity contribution < 1.29 is 4.57 Å². The topological polar surface area (TPSA) is 19.7 Å². The Kier molecular flexibility index (Phi) is 16.3. The highest BCUT2D eigenvalue weighted by molar-refractivity contribution is 4.89. The van der Waals surface area contributed by atoms with Gasteiger partial charge < -0.3 is 0 Å². The van der Waals surface area contributed by atoms with Crippen LogP contribution in [0.4, 0.5) is 0 Å². The fourth-order valence-electron chi connectivity index (χ4n) is 4.67. The first-order valence-electron chi connectivity index (χ1n) is 13.3. The second-order valence-electron chi connectivity index (χ2n) is 9.38. The van der Waals surface area contributed by atoms with Crippen LogP contribution < -0.4 is 4.57 Å². The van der Waals surface area contributed by atoms with E-state index >= 15 is 0 Å². The number of aromatic nitrogens is 2. The standard InChI is InChI=1S/C27H52N2/c1-5-8-10-12-13-14-15-16-17-18-19-21-25(4)29-24-23-28-27(29)26(7-3)22-20-11-9-6-2/h23-26H,5-22H2,1-4H3/p+1. The summed E-state index contributed by atoms with van der Waals surface area (Å²) in [6.45, 7) is 9.36. The van der Waals surface area contributed by atoms with E-state index in [1.165, 1.54) is 121 Å². The first-order valence-corrected chi connectivity index (χ1v) is 13.3. The Labute approximate surface area is 183 Å². The first-order chi connectivity index (χ1) is 14.2. The Balaban J connectivity index is 2.20. The molecule has 2 atom stereocenters. The third-order valence-electron chi connectivity index (χ3n) is 6.73. The van der Waals surface area contributed by atoms with Gasteiger partial charge in [0.25, 0.3) is 5.82 Å². The number of aromatic amines is 1. The molecule has 0 saturated heterocycles. The van der Waals surface area contributed by atoms with E-state index in [0.717, 1.165) is 0 Å². The smallest absolute Gasteiger partial charge is 0.247 e. The first kappa shape index (κ1) is 26.2. The van der Waals surface area contributed by atoms with Crippen LogP contribution in [0.2, 0.25) is 0 Å². The largest absolute Gasteiger partial charge is 0.257 e. The van der Waals surface area contributed by atoms with E-state index in [4.69, 9.17) is 0 Å². The van der Waals surface area contributed by atoms with Crippen molar-refractivity contribution in [2.75, 3.05) is 0 Å². The highest BCUT2D eigenvalue weighted by Crippen LogP contribution is 2.24. The summed E-state index contributed by atoms with van der Waals surface area (Å²) in [5.74, 6) is 2.17. The van der Waals surface area contributed by atoms with Crippen molar-refractivity contribution in [1.82, 2.24) is 4.98 Å². The Morgan fingerprint density at radius 2 is 1.17 bits per heavy atom. The monoisotopic (exact) mass is 405 g/mol. The predicted molar refractivity (Wildman–Crippen MR) is 129 cm³/mol. The predicted octanol–water partition coefficient (Wildman–Crippen LogP) is 9.03. The summed E-state index contributed by atoms with van der Waals surface area (Å²) in [6, 6.07) is 0.625. The van der Waals surface area contributed by atoms with Gasteiger partial charge in [0.05, 0.1) is 12.0 Å². The molecule has 170 valence electrons. The molecule has 1 N–H and O–H groups in total. The fourth-order valence-corrected chi connectivity index (χ4v) is 4.67. The summed E-state index contributed by atoms with van der Waals surface area (Å²) < 4.78 is 2.55. The molecular weight excluding hydrogens is 352 g/mol. The summed E-state index contributed by atoms with van der Waals surface area (Å²) in [5, 5.41) is 0. The molecule has 29 heavy (non-hydrogen) atoms. The van der Waals surface area contributed by atoms with Crippen molar-refractivity contribution in [3.63, 3.8) is 0 Å². The Morgan fingerprint density at radius 3 is 1.72 bits per heavy atom. The van der Waals surface area contributed by atoms with Gasteiger partial charge in [-0.2, -0.15) is 0 Å². The molecule has 1 rings (SSSR count). The molecule has 0 aromatic carbocycles. The molecule has 0 bridgehead atoms. The summed E-state index contributed by atoms with van der Waals surface area (Å²) in [7, 11) is 0. The van der Waals surface area contributed by atoms with Gasteiger partial charge >= 0.3 is 0 Å². The summed E-state index contributed by atoms with van der Waals surface area (Å²) in [5.41, 5.74) is 0. The second-order valence-corrected chi connectivity index (χ2v) is 9.38. The number of unbranched alkanes of at least 4 members (excludes halogenated alkanes) is 13. The molecule has 2 nitrogen and oxygen atoms in total. The van der Waals surface area contributed by atoms with Gasteiger partial charge in [-0.3, -0.25) is 0 Å². The molecule has 0 aliphatic carbocycles. The van der Waals surface area contributed by atoms with E-state index in [1.54, 1.807) is 0 Å². The van der Waals surface area contributed by atoms with Gasteiger partial charge in [0.1, 0.15) is 12.4 Å². The number of nitrogens with zero attached hydrogens (tertiary/aromatic N) is 1. The van der Waals surface area contributed by atoms with Gasteiger partial charge in [0, 0.05) is 0 Å². The van der Waals surface area contributed by atoms with E-state index in [1.807, 2.05) is 0 Å². The fraction of sp³-hybridized carbons (Fsp3) is 0.889. The van der Waals surface area contributed by atoms with Crippen molar-refractivity contribution in [3.05, 3.63) is 18.2 Å². The van der Waals surface area contributed by atoms with Crippen LogP contribution in [0.15, 0.2) is 12.4 Å². The van der Waals surface area contributed by atoms with Gasteiger partial charge in [-0.05, 0) is 32.6 Å². The van der Waals surface area contributed by atoms with Crippen LogP contribution in [0.25, 0.3) is 0 Å². The molecule has 2 unspecified atom stereocenters. The molecule has 2 heteroatoms. The zero-order valence-electron chi connectivity index (χ0n) is 20.5. The lowest BCUT2D eigenvalue weighted by Crippen LogP contribution is -2.41. The van der Waals surface area contributed by atoms with Crippen LogP contribution in [0.3, 0.4) is 0 Å². The van der Waals surface area contributed by atoms with Crippen molar-refractivity contribution >= 4 is 0 Å². The molecule has 0 amide bonds. The molecule has 0 fully saturated rings. The molecule has 0 aliphatic rings. The third-order valence-corrected chi connectivity index (χ3v) is 6.73. The number of hydrogen-bond acceptors (Lipinski definition) is 0. The Hall–Kier alpha value is -0.790. The van der Waals surface area contributed by atoms with Crippen LogP contribution in [0.5, 0.6) is 0 Å². The van der Waals surface area contributed by atoms with Crippen molar-refractivity contribution in [2.45, 2.75) is 155 Å². The molecule has 0 radical (unpaired) electrons. The van der Waals surface area contributed by atoms with Crippen LogP contribution in [0.1, 0.15) is 161 Å². The number of rotatable bonds is 20. The minimum absolute atomic E-state index is 0.625. The highest BCUT2D eigenvalue weighted by atomic mass is 15.1. The van der Waals surface area contributed by atoms with Gasteiger partial charge in [0.15, 0.2) is 0 Å². The third kappa shape index (κ3) is 11.8. The highest BCUT2D eigenvalue weighted by Gasteiger charge is 2.24. The lowest BCUT2D eigenvalue weighted by atomic mass is 9.96. The quantitative estimate of drug-likeness (QED) is 0.165. The van der Waals surface area contributed by atoms with E-state index < -0.39 is 0 Å². The van der Waals surface area contributed by atoms with E-state index in [0.29, 0.717) is 12.0 Å². The molecular formula is C27H53N2+. The van der Waals surface area contributed by atoms with Crippen molar-refractivity contribution in [1.29, 1.82) is 0 Å². The van der Waals surface area contributed by atoms with Crippen LogP contribution in [-0.4, -0.2) is 4.98 Å². The maximum atomic E-state index is 3.58. The van der Waals surface area contributed by atoms with E-state index in [-0.39, 0.29) is 0 Å². The normalized spacial score (nSPS) is 13.7. The Morgan fingerprint density at radius 1 is 0.690 bits per heavy atom. The molecule has 0 saturated carbocycles. The molecule has 1 aromatic heterocycles. The summed E-state index contributed by atoms with van der Waals surface area (Å²) >= 11 is 0. The maximum Gasteiger partial charge on any atom is 0.257 e. The van der Waals surface area contributed by atoms with Crippen LogP contribution >= 0.6 is 0 Å². The maximum absolute atomic E-state index is 3.58. The number of imidazole rings is 1. The summed E-state index contributed by atoms with van der Waals surface area (Å²) in [6.07, 6.45) is 29.5. The van der Waals surface area contributed by atoms with E-state index in [9.17, 15) is 0 Å². The molecule has 0 aliphatic heterocycles. The average Bonchev–Trinajstić information content (AvgIpc) is 3.21. The minimum atomic E-state index is 0.625. The van der Waals surface area contributed by atoms with Crippen LogP contribution in [-0.2, 0) is 0 Å². The summed E-state index contributed by atoms with van der Waals surface area (Å²) in [4.78, 5) is 3.58. The van der Waals surface area contributed by atoms with E-state index in [2.05, 4.69) is 49.6 Å². The van der Waals surface area contributed by atoms with Gasteiger partial charge in [-0.1, -0.05) is 111 Å². The minimum Gasteiger partial charge on any atom is -0.247 e. The lowest BCUT2D eigenvalue weighted by molar-refractivity contribution is -0.727. The van der Waals surface area contributed by atoms with Crippen LogP contribution in [0, 0.1) is 0 Å². The number of hydrogen-bond donors (Lipinski definition) is 1.